The molecule has 3 rings (SSSR count). The molecule has 0 aliphatic carbocycles. The average molecular weight is 345 g/mol. The molecule has 1 aromatic carbocycles. The summed E-state index contributed by atoms with van der Waals surface area (Å²) < 4.78 is 1.29. The second-order valence-electron chi connectivity index (χ2n) is 5.81. The van der Waals surface area contributed by atoms with Gasteiger partial charge in [0.15, 0.2) is 0 Å². The van der Waals surface area contributed by atoms with Crippen molar-refractivity contribution in [3.63, 3.8) is 0 Å². The maximum absolute atomic E-state index is 6.52. The molecule has 1 aromatic heterocycles. The van der Waals surface area contributed by atoms with Crippen molar-refractivity contribution in [3.8, 4) is 0 Å². The van der Waals surface area contributed by atoms with Gasteiger partial charge in [0.05, 0.1) is 5.02 Å². The third-order valence-electron chi connectivity index (χ3n) is 4.34. The topological polar surface area (TPSA) is 29.3 Å². The Bertz CT molecular complexity index is 589. The number of halogens is 2. The minimum Gasteiger partial charge on any atom is -0.328 e. The zero-order chi connectivity index (χ0) is 14.1. The summed E-state index contributed by atoms with van der Waals surface area (Å²) in [6.07, 6.45) is 2.42. The van der Waals surface area contributed by atoms with Gasteiger partial charge in [-0.3, -0.25) is 4.90 Å². The average Bonchev–Trinajstić information content (AvgIpc) is 2.77. The molecule has 1 fully saturated rings. The van der Waals surface area contributed by atoms with Crippen molar-refractivity contribution in [2.24, 2.45) is 11.7 Å². The highest BCUT2D eigenvalue weighted by Gasteiger charge is 2.23. The van der Waals surface area contributed by atoms with Crippen molar-refractivity contribution in [1.29, 1.82) is 0 Å². The first kappa shape index (κ1) is 17.0. The molecule has 2 heterocycles. The standard InChI is InChI=1S/C16H21ClN2S.ClH/c1-11(18)12-6-8-19(9-7-12)10-15-16(17)13-4-2-3-5-14(13)20-15;/h2-5,11-12H,6-10,18H2,1H3;1H. The normalized spacial score (nSPS) is 18.6. The van der Waals surface area contributed by atoms with Crippen LogP contribution in [0.2, 0.25) is 5.02 Å². The third-order valence-corrected chi connectivity index (χ3v) is 6.04. The lowest BCUT2D eigenvalue weighted by atomic mass is 9.91. The summed E-state index contributed by atoms with van der Waals surface area (Å²) in [5.41, 5.74) is 6.00. The number of thiophene rings is 1. The summed E-state index contributed by atoms with van der Waals surface area (Å²) in [5.74, 6) is 0.684. The van der Waals surface area contributed by atoms with E-state index >= 15 is 0 Å². The molecule has 0 radical (unpaired) electrons. The quantitative estimate of drug-likeness (QED) is 0.885. The Kier molecular flexibility index (Phi) is 5.92. The van der Waals surface area contributed by atoms with E-state index in [1.165, 1.54) is 27.8 Å². The summed E-state index contributed by atoms with van der Waals surface area (Å²) in [5, 5.41) is 2.14. The highest BCUT2D eigenvalue weighted by Crippen LogP contribution is 2.36. The largest absolute Gasteiger partial charge is 0.328 e. The summed E-state index contributed by atoms with van der Waals surface area (Å²) >= 11 is 8.35. The molecule has 116 valence electrons. The number of rotatable bonds is 3. The highest BCUT2D eigenvalue weighted by molar-refractivity contribution is 7.19. The molecule has 1 aliphatic rings. The van der Waals surface area contributed by atoms with Gasteiger partial charge in [-0.15, -0.1) is 23.7 Å². The zero-order valence-electron chi connectivity index (χ0n) is 12.2. The molecule has 2 N–H and O–H groups in total. The number of fused-ring (bicyclic) bond motifs is 1. The van der Waals surface area contributed by atoms with Crippen molar-refractivity contribution >= 4 is 45.4 Å². The molecule has 5 heteroatoms. The minimum absolute atomic E-state index is 0. The number of hydrogen-bond donors (Lipinski definition) is 1. The van der Waals surface area contributed by atoms with E-state index in [1.54, 1.807) is 0 Å². The summed E-state index contributed by atoms with van der Waals surface area (Å²) in [6, 6.07) is 8.72. The smallest absolute Gasteiger partial charge is 0.0637 e. The molecule has 2 aromatic rings. The lowest BCUT2D eigenvalue weighted by Gasteiger charge is -2.33. The number of nitrogens with two attached hydrogens (primary N) is 1. The minimum atomic E-state index is 0. The Labute approximate surface area is 141 Å². The Hall–Kier alpha value is -0.320. The van der Waals surface area contributed by atoms with Gasteiger partial charge in [0.2, 0.25) is 0 Å². The monoisotopic (exact) mass is 344 g/mol. The van der Waals surface area contributed by atoms with Crippen molar-refractivity contribution in [2.75, 3.05) is 13.1 Å². The molecule has 1 aliphatic heterocycles. The van der Waals surface area contributed by atoms with Gasteiger partial charge in [-0.05, 0) is 44.8 Å². The number of likely N-dealkylation sites (tertiary alicyclic amines) is 1. The highest BCUT2D eigenvalue weighted by atomic mass is 35.5. The molecule has 1 saturated heterocycles. The van der Waals surface area contributed by atoms with E-state index in [0.29, 0.717) is 12.0 Å². The number of nitrogens with zero attached hydrogens (tertiary/aromatic N) is 1. The lowest BCUT2D eigenvalue weighted by Crippen LogP contribution is -2.39. The van der Waals surface area contributed by atoms with E-state index in [2.05, 4.69) is 36.1 Å². The number of piperidine rings is 1. The molecular formula is C16H22Cl2N2S. The zero-order valence-corrected chi connectivity index (χ0v) is 14.6. The first-order valence-electron chi connectivity index (χ1n) is 7.29. The molecule has 1 unspecified atom stereocenters. The van der Waals surface area contributed by atoms with Crippen molar-refractivity contribution in [1.82, 2.24) is 4.90 Å². The van der Waals surface area contributed by atoms with Gasteiger partial charge in [0, 0.05) is 27.5 Å². The van der Waals surface area contributed by atoms with E-state index in [0.717, 1.165) is 24.7 Å². The van der Waals surface area contributed by atoms with Crippen LogP contribution in [0.1, 0.15) is 24.6 Å². The molecule has 0 amide bonds. The van der Waals surface area contributed by atoms with E-state index in [1.807, 2.05) is 11.3 Å². The van der Waals surface area contributed by atoms with E-state index < -0.39 is 0 Å². The van der Waals surface area contributed by atoms with Crippen LogP contribution in [0.25, 0.3) is 10.1 Å². The van der Waals surface area contributed by atoms with Gasteiger partial charge in [0.1, 0.15) is 0 Å². The molecule has 0 saturated carbocycles. The number of benzene rings is 1. The predicted molar refractivity (Wildman–Crippen MR) is 95.7 cm³/mol. The second kappa shape index (κ2) is 7.30. The van der Waals surface area contributed by atoms with Gasteiger partial charge in [0.25, 0.3) is 0 Å². The van der Waals surface area contributed by atoms with Crippen LogP contribution in [-0.2, 0) is 6.54 Å². The van der Waals surface area contributed by atoms with Gasteiger partial charge < -0.3 is 5.73 Å². The number of hydrogen-bond acceptors (Lipinski definition) is 3. The van der Waals surface area contributed by atoms with Crippen LogP contribution >= 0.6 is 35.3 Å². The van der Waals surface area contributed by atoms with Crippen LogP contribution < -0.4 is 5.73 Å². The third kappa shape index (κ3) is 3.72. The van der Waals surface area contributed by atoms with E-state index in [9.17, 15) is 0 Å². The molecule has 1 atom stereocenters. The van der Waals surface area contributed by atoms with Gasteiger partial charge >= 0.3 is 0 Å². The second-order valence-corrected chi connectivity index (χ2v) is 7.32. The van der Waals surface area contributed by atoms with E-state index in [-0.39, 0.29) is 12.4 Å². The fourth-order valence-corrected chi connectivity index (χ4v) is 4.54. The summed E-state index contributed by atoms with van der Waals surface area (Å²) in [6.45, 7) is 5.38. The Morgan fingerprint density at radius 2 is 2.00 bits per heavy atom. The summed E-state index contributed by atoms with van der Waals surface area (Å²) in [4.78, 5) is 3.81. The Balaban J connectivity index is 0.00000161. The van der Waals surface area contributed by atoms with Crippen LogP contribution in [0, 0.1) is 5.92 Å². The molecular weight excluding hydrogens is 323 g/mol. The van der Waals surface area contributed by atoms with Crippen LogP contribution in [0.3, 0.4) is 0 Å². The molecule has 0 spiro atoms. The fourth-order valence-electron chi connectivity index (χ4n) is 3.01. The van der Waals surface area contributed by atoms with Gasteiger partial charge in [-0.2, -0.15) is 0 Å². The van der Waals surface area contributed by atoms with Crippen LogP contribution in [0.5, 0.6) is 0 Å². The van der Waals surface area contributed by atoms with Crippen LogP contribution in [0.4, 0.5) is 0 Å². The van der Waals surface area contributed by atoms with Crippen molar-refractivity contribution in [2.45, 2.75) is 32.4 Å². The lowest BCUT2D eigenvalue weighted by molar-refractivity contribution is 0.167. The van der Waals surface area contributed by atoms with Crippen molar-refractivity contribution in [3.05, 3.63) is 34.2 Å². The Morgan fingerprint density at radius 1 is 1.33 bits per heavy atom. The molecule has 0 bridgehead atoms. The SMILES string of the molecule is CC(N)C1CCN(Cc2sc3ccccc3c2Cl)CC1.Cl. The first-order valence-corrected chi connectivity index (χ1v) is 8.48. The van der Waals surface area contributed by atoms with Crippen molar-refractivity contribution < 1.29 is 0 Å². The summed E-state index contributed by atoms with van der Waals surface area (Å²) in [7, 11) is 0. The van der Waals surface area contributed by atoms with Crippen LogP contribution in [0.15, 0.2) is 24.3 Å². The van der Waals surface area contributed by atoms with Gasteiger partial charge in [-0.25, -0.2) is 0 Å². The predicted octanol–water partition coefficient (Wildman–Crippen LogP) is 4.54. The first-order chi connectivity index (χ1) is 9.65. The van der Waals surface area contributed by atoms with E-state index in [4.69, 9.17) is 17.3 Å². The fraction of sp³-hybridized carbons (Fsp3) is 0.500. The Morgan fingerprint density at radius 3 is 2.62 bits per heavy atom. The molecule has 2 nitrogen and oxygen atoms in total. The maximum atomic E-state index is 6.52. The van der Waals surface area contributed by atoms with Crippen LogP contribution in [-0.4, -0.2) is 24.0 Å². The van der Waals surface area contributed by atoms with Gasteiger partial charge in [-0.1, -0.05) is 29.8 Å². The maximum Gasteiger partial charge on any atom is 0.0637 e. The molecule has 21 heavy (non-hydrogen) atoms.